The first-order valence-corrected chi connectivity index (χ1v) is 8.65. The highest BCUT2D eigenvalue weighted by Crippen LogP contribution is 2.22. The molecule has 0 spiro atoms. The van der Waals surface area contributed by atoms with Crippen molar-refractivity contribution in [3.63, 3.8) is 0 Å². The Labute approximate surface area is 156 Å². The molecule has 0 atom stereocenters. The Morgan fingerprint density at radius 2 is 1.67 bits per heavy atom. The largest absolute Gasteiger partial charge is 0.491 e. The van der Waals surface area contributed by atoms with E-state index in [4.69, 9.17) is 13.7 Å². The van der Waals surface area contributed by atoms with Crippen LogP contribution in [-0.2, 0) is 6.42 Å². The van der Waals surface area contributed by atoms with Gasteiger partial charge in [-0.3, -0.25) is 0 Å². The monoisotopic (exact) mass is 362 g/mol. The second-order valence-corrected chi connectivity index (χ2v) is 6.25. The average Bonchev–Trinajstić information content (AvgIpc) is 3.33. The van der Waals surface area contributed by atoms with Crippen LogP contribution in [0.15, 0.2) is 63.5 Å². The first-order chi connectivity index (χ1) is 13.2. The van der Waals surface area contributed by atoms with Crippen molar-refractivity contribution in [2.24, 2.45) is 0 Å². The lowest BCUT2D eigenvalue weighted by Crippen LogP contribution is -2.05. The maximum atomic E-state index is 5.67. The number of ether oxygens (including phenoxy) is 1. The summed E-state index contributed by atoms with van der Waals surface area (Å²) in [4.78, 5) is 4.40. The molecule has 7 nitrogen and oxygen atoms in total. The molecule has 0 saturated heterocycles. The molecule has 0 aliphatic rings. The number of benzene rings is 2. The van der Waals surface area contributed by atoms with Crippen LogP contribution in [0.5, 0.6) is 5.75 Å². The Hall–Kier alpha value is -3.48. The Morgan fingerprint density at radius 3 is 2.41 bits per heavy atom. The summed E-state index contributed by atoms with van der Waals surface area (Å²) < 4.78 is 16.6. The predicted molar refractivity (Wildman–Crippen MR) is 98.0 cm³/mol. The fraction of sp³-hybridized carbons (Fsp3) is 0.200. The highest BCUT2D eigenvalue weighted by molar-refractivity contribution is 5.55. The lowest BCUT2D eigenvalue weighted by atomic mass is 10.2. The lowest BCUT2D eigenvalue weighted by Gasteiger charge is -2.09. The van der Waals surface area contributed by atoms with Crippen LogP contribution in [0.3, 0.4) is 0 Å². The van der Waals surface area contributed by atoms with E-state index in [0.29, 0.717) is 23.5 Å². The van der Waals surface area contributed by atoms with Gasteiger partial charge in [0.15, 0.2) is 0 Å². The second-order valence-electron chi connectivity index (χ2n) is 6.25. The lowest BCUT2D eigenvalue weighted by molar-refractivity contribution is 0.242. The number of rotatable bonds is 6. The molecule has 27 heavy (non-hydrogen) atoms. The van der Waals surface area contributed by atoms with Gasteiger partial charge in [-0.15, -0.1) is 10.2 Å². The molecule has 7 heteroatoms. The fourth-order valence-electron chi connectivity index (χ4n) is 2.55. The van der Waals surface area contributed by atoms with Gasteiger partial charge in [-0.2, -0.15) is 4.98 Å². The predicted octanol–water partition coefficient (Wildman–Crippen LogP) is 4.16. The molecule has 2 heterocycles. The normalized spacial score (nSPS) is 11.1. The van der Waals surface area contributed by atoms with E-state index in [9.17, 15) is 0 Å². The third kappa shape index (κ3) is 4.03. The molecule has 4 aromatic rings. The van der Waals surface area contributed by atoms with Gasteiger partial charge in [0.2, 0.25) is 23.5 Å². The molecule has 0 unspecified atom stereocenters. The molecular weight excluding hydrogens is 344 g/mol. The molecule has 136 valence electrons. The van der Waals surface area contributed by atoms with Crippen LogP contribution in [0, 0.1) is 0 Å². The Morgan fingerprint density at radius 1 is 0.889 bits per heavy atom. The standard InChI is InChI=1S/C20H18N4O3/c1-13(2)25-16-10-8-14(9-11-16)19-21-17(27-24-19)12-18-22-23-20(26-18)15-6-4-3-5-7-15/h3-11,13H,12H2,1-2H3. The fourth-order valence-corrected chi connectivity index (χ4v) is 2.55. The minimum absolute atomic E-state index is 0.128. The van der Waals surface area contributed by atoms with Crippen LogP contribution in [0.4, 0.5) is 0 Å². The Bertz CT molecular complexity index is 1010. The summed E-state index contributed by atoms with van der Waals surface area (Å²) in [6.07, 6.45) is 0.407. The van der Waals surface area contributed by atoms with E-state index >= 15 is 0 Å². The van der Waals surface area contributed by atoms with Gasteiger partial charge in [0.25, 0.3) is 0 Å². The van der Waals surface area contributed by atoms with E-state index in [-0.39, 0.29) is 12.5 Å². The van der Waals surface area contributed by atoms with Crippen molar-refractivity contribution in [2.45, 2.75) is 26.4 Å². The molecule has 0 saturated carbocycles. The molecule has 0 N–H and O–H groups in total. The maximum absolute atomic E-state index is 5.67. The second kappa shape index (κ2) is 7.41. The van der Waals surface area contributed by atoms with Gasteiger partial charge in [0.05, 0.1) is 6.10 Å². The molecular formula is C20H18N4O3. The van der Waals surface area contributed by atoms with E-state index in [1.54, 1.807) is 0 Å². The third-order valence-corrected chi connectivity index (χ3v) is 3.74. The summed E-state index contributed by atoms with van der Waals surface area (Å²) in [6, 6.07) is 17.2. The van der Waals surface area contributed by atoms with Gasteiger partial charge in [-0.05, 0) is 50.2 Å². The van der Waals surface area contributed by atoms with Crippen LogP contribution < -0.4 is 4.74 Å². The summed E-state index contributed by atoms with van der Waals surface area (Å²) in [5.74, 6) is 2.60. The minimum Gasteiger partial charge on any atom is -0.491 e. The SMILES string of the molecule is CC(C)Oc1ccc(-c2noc(Cc3nnc(-c4ccccc4)o3)n2)cc1. The Kier molecular flexibility index (Phi) is 4.65. The van der Waals surface area contributed by atoms with Crippen molar-refractivity contribution in [1.82, 2.24) is 20.3 Å². The van der Waals surface area contributed by atoms with Gasteiger partial charge in [-0.1, -0.05) is 23.4 Å². The number of nitrogens with zero attached hydrogens (tertiary/aromatic N) is 4. The molecule has 0 aliphatic carbocycles. The Balaban J connectivity index is 1.46. The smallest absolute Gasteiger partial charge is 0.247 e. The van der Waals surface area contributed by atoms with Gasteiger partial charge >= 0.3 is 0 Å². The van der Waals surface area contributed by atoms with Crippen molar-refractivity contribution >= 4 is 0 Å². The highest BCUT2D eigenvalue weighted by Gasteiger charge is 2.14. The minimum atomic E-state index is 0.128. The molecule has 0 aliphatic heterocycles. The highest BCUT2D eigenvalue weighted by atomic mass is 16.5. The summed E-state index contributed by atoms with van der Waals surface area (Å²) in [6.45, 7) is 3.97. The molecule has 0 amide bonds. The first kappa shape index (κ1) is 17.0. The van der Waals surface area contributed by atoms with E-state index < -0.39 is 0 Å². The molecule has 2 aromatic carbocycles. The van der Waals surface area contributed by atoms with Crippen molar-refractivity contribution in [2.75, 3.05) is 0 Å². The van der Waals surface area contributed by atoms with Crippen molar-refractivity contribution in [1.29, 1.82) is 0 Å². The number of aromatic nitrogens is 4. The van der Waals surface area contributed by atoms with Crippen LogP contribution in [0.1, 0.15) is 25.6 Å². The van der Waals surface area contributed by atoms with Crippen LogP contribution in [-0.4, -0.2) is 26.4 Å². The number of hydrogen-bond donors (Lipinski definition) is 0. The molecule has 4 rings (SSSR count). The van der Waals surface area contributed by atoms with Crippen LogP contribution in [0.25, 0.3) is 22.8 Å². The zero-order chi connectivity index (χ0) is 18.6. The topological polar surface area (TPSA) is 87.1 Å². The van der Waals surface area contributed by atoms with Gasteiger partial charge < -0.3 is 13.7 Å². The summed E-state index contributed by atoms with van der Waals surface area (Å²) in [5, 5.41) is 12.1. The molecule has 0 bridgehead atoms. The third-order valence-electron chi connectivity index (χ3n) is 3.74. The van der Waals surface area contributed by atoms with E-state index in [2.05, 4.69) is 20.3 Å². The van der Waals surface area contributed by atoms with Crippen molar-refractivity contribution in [3.8, 4) is 28.6 Å². The van der Waals surface area contributed by atoms with Crippen LogP contribution in [0.2, 0.25) is 0 Å². The molecule has 0 fully saturated rings. The first-order valence-electron chi connectivity index (χ1n) is 8.65. The van der Waals surface area contributed by atoms with Crippen molar-refractivity contribution < 1.29 is 13.7 Å². The zero-order valence-corrected chi connectivity index (χ0v) is 15.0. The van der Waals surface area contributed by atoms with Gasteiger partial charge in [0.1, 0.15) is 12.2 Å². The van der Waals surface area contributed by atoms with Gasteiger partial charge in [-0.25, -0.2) is 0 Å². The summed E-state index contributed by atoms with van der Waals surface area (Å²) in [7, 11) is 0. The van der Waals surface area contributed by atoms with E-state index in [1.807, 2.05) is 68.4 Å². The van der Waals surface area contributed by atoms with Crippen molar-refractivity contribution in [3.05, 3.63) is 66.4 Å². The van der Waals surface area contributed by atoms with Crippen LogP contribution >= 0.6 is 0 Å². The average molecular weight is 362 g/mol. The summed E-state index contributed by atoms with van der Waals surface area (Å²) in [5.41, 5.74) is 1.71. The van der Waals surface area contributed by atoms with Gasteiger partial charge in [0, 0.05) is 11.1 Å². The van der Waals surface area contributed by atoms with E-state index in [0.717, 1.165) is 16.9 Å². The zero-order valence-electron chi connectivity index (χ0n) is 15.0. The number of hydrogen-bond acceptors (Lipinski definition) is 7. The van der Waals surface area contributed by atoms with E-state index in [1.165, 1.54) is 0 Å². The summed E-state index contributed by atoms with van der Waals surface area (Å²) >= 11 is 0. The quantitative estimate of drug-likeness (QED) is 0.509. The molecule has 2 aromatic heterocycles. The molecule has 0 radical (unpaired) electrons. The maximum Gasteiger partial charge on any atom is 0.247 e.